The summed E-state index contributed by atoms with van der Waals surface area (Å²) in [4.78, 5) is 15.2. The van der Waals surface area contributed by atoms with Gasteiger partial charge in [-0.2, -0.15) is 0 Å². The Morgan fingerprint density at radius 1 is 1.00 bits per heavy atom. The topological polar surface area (TPSA) is 50.8 Å². The molecule has 0 bridgehead atoms. The van der Waals surface area contributed by atoms with Gasteiger partial charge in [0, 0.05) is 36.6 Å². The number of benzene rings is 3. The normalized spacial score (nSPS) is 17.8. The van der Waals surface area contributed by atoms with Crippen LogP contribution in [0.15, 0.2) is 72.8 Å². The number of hydrogen-bond donors (Lipinski definition) is 1. The van der Waals surface area contributed by atoms with Crippen LogP contribution in [0.1, 0.15) is 46.3 Å². The molecule has 1 saturated heterocycles. The van der Waals surface area contributed by atoms with Crippen molar-refractivity contribution < 1.29 is 14.3 Å². The Hall–Kier alpha value is -3.15. The fourth-order valence-electron chi connectivity index (χ4n) is 4.73. The molecule has 0 spiro atoms. The first-order chi connectivity index (χ1) is 16.7. The van der Waals surface area contributed by atoms with Gasteiger partial charge < -0.3 is 19.7 Å². The van der Waals surface area contributed by atoms with Crippen LogP contribution >= 0.6 is 0 Å². The van der Waals surface area contributed by atoms with Gasteiger partial charge in [0.15, 0.2) is 0 Å². The maximum atomic E-state index is 12.8. The van der Waals surface area contributed by atoms with Crippen molar-refractivity contribution in [3.8, 4) is 0 Å². The maximum absolute atomic E-state index is 12.8. The quantitative estimate of drug-likeness (QED) is 0.504. The van der Waals surface area contributed by atoms with E-state index in [1.165, 1.54) is 17.5 Å². The summed E-state index contributed by atoms with van der Waals surface area (Å²) in [5.41, 5.74) is 6.42. The lowest BCUT2D eigenvalue weighted by atomic mass is 9.99. The van der Waals surface area contributed by atoms with E-state index in [1.54, 1.807) is 0 Å². The van der Waals surface area contributed by atoms with Crippen molar-refractivity contribution in [2.24, 2.45) is 0 Å². The van der Waals surface area contributed by atoms with E-state index in [4.69, 9.17) is 9.47 Å². The van der Waals surface area contributed by atoms with Gasteiger partial charge >= 0.3 is 0 Å². The molecule has 2 aliphatic heterocycles. The van der Waals surface area contributed by atoms with E-state index in [-0.39, 0.29) is 12.0 Å². The molecule has 1 amide bonds. The highest BCUT2D eigenvalue weighted by Gasteiger charge is 2.17. The predicted octanol–water partition coefficient (Wildman–Crippen LogP) is 5.59. The number of fused-ring (bicyclic) bond motifs is 1. The van der Waals surface area contributed by atoms with E-state index < -0.39 is 0 Å². The number of nitrogens with one attached hydrogen (secondary N) is 1. The maximum Gasteiger partial charge on any atom is 0.255 e. The molecule has 2 heterocycles. The third-order valence-corrected chi connectivity index (χ3v) is 6.66. The van der Waals surface area contributed by atoms with Crippen LogP contribution in [0.5, 0.6) is 0 Å². The van der Waals surface area contributed by atoms with E-state index in [9.17, 15) is 4.79 Å². The Bertz CT molecular complexity index is 1110. The lowest BCUT2D eigenvalue weighted by molar-refractivity contribution is -0.0447. The van der Waals surface area contributed by atoms with Crippen LogP contribution in [0, 0.1) is 0 Å². The summed E-state index contributed by atoms with van der Waals surface area (Å²) >= 11 is 0. The molecule has 1 N–H and O–H groups in total. The molecular formula is C29H32N2O3. The third kappa shape index (κ3) is 5.66. The molecular weight excluding hydrogens is 424 g/mol. The highest BCUT2D eigenvalue weighted by molar-refractivity contribution is 6.04. The molecule has 3 aromatic carbocycles. The van der Waals surface area contributed by atoms with E-state index in [0.29, 0.717) is 18.8 Å². The molecule has 5 nitrogen and oxygen atoms in total. The monoisotopic (exact) mass is 456 g/mol. The lowest BCUT2D eigenvalue weighted by Crippen LogP contribution is -2.30. The second-order valence-electron chi connectivity index (χ2n) is 9.15. The predicted molar refractivity (Wildman–Crippen MR) is 135 cm³/mol. The van der Waals surface area contributed by atoms with Crippen molar-refractivity contribution in [1.82, 2.24) is 0 Å². The fourth-order valence-corrected chi connectivity index (χ4v) is 4.73. The van der Waals surface area contributed by atoms with Crippen LogP contribution in [-0.2, 0) is 29.0 Å². The number of nitrogens with zero attached hydrogens (tertiary/aromatic N) is 1. The molecule has 1 unspecified atom stereocenters. The first-order valence-corrected chi connectivity index (χ1v) is 12.3. The van der Waals surface area contributed by atoms with Gasteiger partial charge in [-0.3, -0.25) is 4.79 Å². The lowest BCUT2D eigenvalue weighted by Gasteiger charge is -2.30. The number of carbonyl (C=O) groups excluding carboxylic acids is 1. The number of anilines is 2. The van der Waals surface area contributed by atoms with E-state index >= 15 is 0 Å². The van der Waals surface area contributed by atoms with Gasteiger partial charge in [0.1, 0.15) is 0 Å². The summed E-state index contributed by atoms with van der Waals surface area (Å²) in [6.45, 7) is 3.86. The van der Waals surface area contributed by atoms with Crippen LogP contribution in [0.2, 0.25) is 0 Å². The molecule has 0 saturated carbocycles. The first kappa shape index (κ1) is 22.6. The Kier molecular flexibility index (Phi) is 7.22. The molecule has 0 aliphatic carbocycles. The van der Waals surface area contributed by atoms with Crippen molar-refractivity contribution in [3.63, 3.8) is 0 Å². The SMILES string of the molecule is O=C(Nc1cccc(COCC2CCCCO2)c1)c1ccc(N2CCc3ccccc3C2)cc1. The number of rotatable bonds is 7. The Labute approximate surface area is 201 Å². The van der Waals surface area contributed by atoms with Gasteiger partial charge in [-0.15, -0.1) is 0 Å². The fraction of sp³-hybridized carbons (Fsp3) is 0.345. The van der Waals surface area contributed by atoms with Crippen molar-refractivity contribution in [2.45, 2.75) is 44.9 Å². The zero-order chi connectivity index (χ0) is 23.2. The van der Waals surface area contributed by atoms with Crippen LogP contribution < -0.4 is 10.2 Å². The Balaban J connectivity index is 1.15. The smallest absolute Gasteiger partial charge is 0.255 e. The Morgan fingerprint density at radius 3 is 2.68 bits per heavy atom. The van der Waals surface area contributed by atoms with Gasteiger partial charge in [-0.05, 0) is 78.8 Å². The van der Waals surface area contributed by atoms with Crippen molar-refractivity contribution in [2.75, 3.05) is 30.0 Å². The molecule has 1 fully saturated rings. The minimum Gasteiger partial charge on any atom is -0.376 e. The zero-order valence-electron chi connectivity index (χ0n) is 19.5. The molecule has 176 valence electrons. The van der Waals surface area contributed by atoms with Crippen LogP contribution in [-0.4, -0.2) is 31.8 Å². The number of carbonyl (C=O) groups is 1. The molecule has 5 rings (SSSR count). The minimum absolute atomic E-state index is 0.107. The van der Waals surface area contributed by atoms with Gasteiger partial charge in [-0.1, -0.05) is 36.4 Å². The van der Waals surface area contributed by atoms with Crippen LogP contribution in [0.25, 0.3) is 0 Å². The van der Waals surface area contributed by atoms with E-state index in [2.05, 4.69) is 34.5 Å². The summed E-state index contributed by atoms with van der Waals surface area (Å²) in [7, 11) is 0. The second kappa shape index (κ2) is 10.9. The van der Waals surface area contributed by atoms with E-state index in [1.807, 2.05) is 48.5 Å². The molecule has 0 radical (unpaired) electrons. The zero-order valence-corrected chi connectivity index (χ0v) is 19.5. The average Bonchev–Trinajstić information content (AvgIpc) is 2.89. The number of ether oxygens (including phenoxy) is 2. The molecule has 0 aromatic heterocycles. The average molecular weight is 457 g/mol. The van der Waals surface area contributed by atoms with Gasteiger partial charge in [0.25, 0.3) is 5.91 Å². The summed E-state index contributed by atoms with van der Waals surface area (Å²) < 4.78 is 11.6. The highest BCUT2D eigenvalue weighted by atomic mass is 16.5. The van der Waals surface area contributed by atoms with Crippen molar-refractivity contribution in [1.29, 1.82) is 0 Å². The van der Waals surface area contributed by atoms with Gasteiger partial charge in [0.05, 0.1) is 19.3 Å². The summed E-state index contributed by atoms with van der Waals surface area (Å²) in [6.07, 6.45) is 4.68. The van der Waals surface area contributed by atoms with Crippen molar-refractivity contribution >= 4 is 17.3 Å². The number of hydrogen-bond acceptors (Lipinski definition) is 4. The molecule has 1 atom stereocenters. The van der Waals surface area contributed by atoms with Crippen LogP contribution in [0.3, 0.4) is 0 Å². The molecule has 34 heavy (non-hydrogen) atoms. The first-order valence-electron chi connectivity index (χ1n) is 12.3. The Morgan fingerprint density at radius 2 is 1.85 bits per heavy atom. The minimum atomic E-state index is -0.107. The van der Waals surface area contributed by atoms with Crippen LogP contribution in [0.4, 0.5) is 11.4 Å². The summed E-state index contributed by atoms with van der Waals surface area (Å²) in [6, 6.07) is 24.4. The molecule has 2 aliphatic rings. The highest BCUT2D eigenvalue weighted by Crippen LogP contribution is 2.25. The summed E-state index contributed by atoms with van der Waals surface area (Å²) in [5.74, 6) is -0.107. The van der Waals surface area contributed by atoms with Gasteiger partial charge in [0.2, 0.25) is 0 Å². The standard InChI is InChI=1S/C29H32N2O3/c32-29(30-26-9-5-6-22(18-26)20-33-21-28-10-3-4-17-34-28)24-11-13-27(14-12-24)31-16-15-23-7-1-2-8-25(23)19-31/h1-2,5-9,11-14,18,28H,3-4,10,15-17,19-21H2,(H,30,32). The molecule has 3 aromatic rings. The van der Waals surface area contributed by atoms with Crippen molar-refractivity contribution in [3.05, 3.63) is 95.1 Å². The largest absolute Gasteiger partial charge is 0.376 e. The third-order valence-electron chi connectivity index (χ3n) is 6.66. The second-order valence-corrected chi connectivity index (χ2v) is 9.15. The van der Waals surface area contributed by atoms with Gasteiger partial charge in [-0.25, -0.2) is 0 Å². The van der Waals surface area contributed by atoms with E-state index in [0.717, 1.165) is 55.9 Å². The molecule has 5 heteroatoms. The number of amides is 1. The summed E-state index contributed by atoms with van der Waals surface area (Å²) in [5, 5.41) is 3.02.